The number of hydrogen-bond donors (Lipinski definition) is 3. The molecule has 0 aromatic rings. The smallest absolute Gasteiger partial charge is 0.408 e. The van der Waals surface area contributed by atoms with Gasteiger partial charge in [0.05, 0.1) is 12.6 Å². The third-order valence-corrected chi connectivity index (χ3v) is 2.98. The Labute approximate surface area is 106 Å². The van der Waals surface area contributed by atoms with Crippen LogP contribution in [0.4, 0.5) is 4.79 Å². The molecule has 0 aliphatic carbocycles. The number of carboxylic acid groups (broad SMARTS) is 1. The largest absolute Gasteiger partial charge is 0.465 e. The quantitative estimate of drug-likeness (QED) is 0.376. The summed E-state index contributed by atoms with van der Waals surface area (Å²) >= 11 is 0. The van der Waals surface area contributed by atoms with Crippen molar-refractivity contribution in [2.75, 3.05) is 6.61 Å². The Morgan fingerprint density at radius 1 is 1.39 bits per heavy atom. The number of rotatable bonds is 2. The molecule has 0 aromatic heterocycles. The zero-order chi connectivity index (χ0) is 13.9. The predicted octanol–water partition coefficient (Wildman–Crippen LogP) is 0.302. The van der Waals surface area contributed by atoms with Crippen LogP contribution >= 0.6 is 0 Å². The first kappa shape index (κ1) is 14.7. The Morgan fingerprint density at radius 3 is 2.33 bits per heavy atom. The molecular formula is C11H21N3O4. The van der Waals surface area contributed by atoms with Gasteiger partial charge in [-0.15, -0.1) is 0 Å². The Balaban J connectivity index is 2.66. The average Bonchev–Trinajstić information content (AvgIpc) is 2.26. The third-order valence-electron chi connectivity index (χ3n) is 2.98. The van der Waals surface area contributed by atoms with Crippen molar-refractivity contribution >= 4 is 12.0 Å². The highest BCUT2D eigenvalue weighted by atomic mass is 16.5. The molecule has 1 aliphatic heterocycles. The van der Waals surface area contributed by atoms with E-state index in [9.17, 15) is 14.7 Å². The van der Waals surface area contributed by atoms with Crippen molar-refractivity contribution in [2.45, 2.75) is 51.3 Å². The van der Waals surface area contributed by atoms with Gasteiger partial charge in [-0.1, -0.05) is 0 Å². The molecule has 0 bridgehead atoms. The molecule has 104 valence electrons. The molecule has 2 atom stereocenters. The third kappa shape index (κ3) is 3.33. The molecular weight excluding hydrogens is 238 g/mol. The fraction of sp³-hybridized carbons (Fsp3) is 0.818. The second-order valence-corrected chi connectivity index (χ2v) is 5.39. The Morgan fingerprint density at radius 2 is 2.00 bits per heavy atom. The lowest BCUT2D eigenvalue weighted by Crippen LogP contribution is -2.56. The number of amides is 2. The van der Waals surface area contributed by atoms with Gasteiger partial charge in [-0.2, -0.15) is 0 Å². The van der Waals surface area contributed by atoms with Crippen molar-refractivity contribution in [3.8, 4) is 0 Å². The maximum Gasteiger partial charge on any atom is 0.408 e. The summed E-state index contributed by atoms with van der Waals surface area (Å²) in [6, 6.07) is -0.232. The summed E-state index contributed by atoms with van der Waals surface area (Å²) in [6.45, 7) is 5.71. The summed E-state index contributed by atoms with van der Waals surface area (Å²) in [5.41, 5.74) is 1.54. The van der Waals surface area contributed by atoms with E-state index in [-0.39, 0.29) is 18.6 Å². The van der Waals surface area contributed by atoms with E-state index in [4.69, 9.17) is 10.6 Å². The number of hydrazine groups is 1. The number of ether oxygens (including phenoxy) is 1. The van der Waals surface area contributed by atoms with Gasteiger partial charge < -0.3 is 9.84 Å². The van der Waals surface area contributed by atoms with Gasteiger partial charge in [-0.05, 0) is 33.6 Å². The fourth-order valence-electron chi connectivity index (χ4n) is 2.23. The van der Waals surface area contributed by atoms with Crippen LogP contribution in [-0.4, -0.2) is 46.3 Å². The molecule has 1 fully saturated rings. The first-order chi connectivity index (χ1) is 8.27. The van der Waals surface area contributed by atoms with Crippen molar-refractivity contribution in [3.63, 3.8) is 0 Å². The molecule has 0 radical (unpaired) electrons. The lowest BCUT2D eigenvalue weighted by Gasteiger charge is -2.42. The minimum absolute atomic E-state index is 0.210. The molecule has 2 amide bonds. The first-order valence-corrected chi connectivity index (χ1v) is 5.91. The Bertz CT molecular complexity index is 319. The molecule has 0 unspecified atom stereocenters. The van der Waals surface area contributed by atoms with Crippen LogP contribution < -0.4 is 11.3 Å². The lowest BCUT2D eigenvalue weighted by molar-refractivity contribution is -0.138. The summed E-state index contributed by atoms with van der Waals surface area (Å²) in [5.74, 6) is 4.66. The zero-order valence-electron chi connectivity index (χ0n) is 11.0. The lowest BCUT2D eigenvalue weighted by atomic mass is 9.98. The van der Waals surface area contributed by atoms with Crippen molar-refractivity contribution in [2.24, 2.45) is 5.84 Å². The second-order valence-electron chi connectivity index (χ2n) is 5.39. The van der Waals surface area contributed by atoms with Crippen LogP contribution in [0, 0.1) is 0 Å². The predicted molar refractivity (Wildman–Crippen MR) is 64.7 cm³/mol. The van der Waals surface area contributed by atoms with E-state index in [1.165, 1.54) is 4.90 Å². The molecule has 18 heavy (non-hydrogen) atoms. The van der Waals surface area contributed by atoms with E-state index in [1.807, 2.05) is 26.2 Å². The maximum absolute atomic E-state index is 11.3. The maximum atomic E-state index is 11.3. The highest BCUT2D eigenvalue weighted by Gasteiger charge is 2.37. The minimum Gasteiger partial charge on any atom is -0.465 e. The number of nitrogens with one attached hydrogen (secondary N) is 1. The standard InChI is InChI=1S/C11H21N3O4/c1-11(2,3)14(10(16)17)7-4-5-8(18-6-7)9(15)13-12/h7-8H,4-6,12H2,1-3H3,(H,13,15)(H,16,17)/t7-,8+/m1/s1. The van der Waals surface area contributed by atoms with Gasteiger partial charge in [0.15, 0.2) is 0 Å². The second kappa shape index (κ2) is 5.53. The van der Waals surface area contributed by atoms with E-state index >= 15 is 0 Å². The van der Waals surface area contributed by atoms with E-state index in [1.54, 1.807) is 0 Å². The number of carbonyl (C=O) groups excluding carboxylic acids is 1. The average molecular weight is 259 g/mol. The van der Waals surface area contributed by atoms with E-state index in [0.29, 0.717) is 12.8 Å². The van der Waals surface area contributed by atoms with E-state index < -0.39 is 17.7 Å². The molecule has 0 spiro atoms. The van der Waals surface area contributed by atoms with Crippen LogP contribution in [0.5, 0.6) is 0 Å². The Hall–Kier alpha value is -1.34. The van der Waals surface area contributed by atoms with E-state index in [2.05, 4.69) is 0 Å². The number of nitrogens with two attached hydrogens (primary N) is 1. The van der Waals surface area contributed by atoms with Gasteiger partial charge in [0.2, 0.25) is 0 Å². The van der Waals surface area contributed by atoms with Crippen LogP contribution in [0.1, 0.15) is 33.6 Å². The molecule has 7 nitrogen and oxygen atoms in total. The fourth-order valence-corrected chi connectivity index (χ4v) is 2.23. The molecule has 4 N–H and O–H groups in total. The van der Waals surface area contributed by atoms with Crippen LogP contribution in [-0.2, 0) is 9.53 Å². The summed E-state index contributed by atoms with van der Waals surface area (Å²) in [6.07, 6.45) is -0.505. The Kier molecular flexibility index (Phi) is 4.53. The van der Waals surface area contributed by atoms with Gasteiger partial charge in [0.25, 0.3) is 5.91 Å². The van der Waals surface area contributed by atoms with Crippen molar-refractivity contribution in [3.05, 3.63) is 0 Å². The normalized spacial score (nSPS) is 24.4. The van der Waals surface area contributed by atoms with E-state index in [0.717, 1.165) is 0 Å². The number of nitrogens with zero attached hydrogens (tertiary/aromatic N) is 1. The minimum atomic E-state index is -0.974. The van der Waals surface area contributed by atoms with Crippen LogP contribution in [0.2, 0.25) is 0 Å². The van der Waals surface area contributed by atoms with Gasteiger partial charge >= 0.3 is 6.09 Å². The van der Waals surface area contributed by atoms with Crippen LogP contribution in [0.3, 0.4) is 0 Å². The van der Waals surface area contributed by atoms with Crippen LogP contribution in [0.15, 0.2) is 0 Å². The summed E-state index contributed by atoms with van der Waals surface area (Å²) in [7, 11) is 0. The molecule has 0 aromatic carbocycles. The highest BCUT2D eigenvalue weighted by Crippen LogP contribution is 2.25. The number of carbonyl (C=O) groups is 2. The first-order valence-electron chi connectivity index (χ1n) is 5.91. The SMILES string of the molecule is CC(C)(C)N(C(=O)O)[C@@H]1CC[C@@H](C(=O)NN)OC1. The molecule has 0 saturated carbocycles. The van der Waals surface area contributed by atoms with Gasteiger partial charge in [0, 0.05) is 5.54 Å². The summed E-state index contributed by atoms with van der Waals surface area (Å²) < 4.78 is 5.37. The zero-order valence-corrected chi connectivity index (χ0v) is 11.0. The molecule has 1 saturated heterocycles. The molecule has 1 rings (SSSR count). The summed E-state index contributed by atoms with van der Waals surface area (Å²) in [4.78, 5) is 23.9. The van der Waals surface area contributed by atoms with Crippen LogP contribution in [0.25, 0.3) is 0 Å². The van der Waals surface area contributed by atoms with Gasteiger partial charge in [0.1, 0.15) is 6.10 Å². The van der Waals surface area contributed by atoms with Gasteiger partial charge in [-0.3, -0.25) is 15.1 Å². The van der Waals surface area contributed by atoms with Crippen molar-refractivity contribution < 1.29 is 19.4 Å². The van der Waals surface area contributed by atoms with Crippen molar-refractivity contribution in [1.82, 2.24) is 10.3 Å². The molecule has 7 heteroatoms. The monoisotopic (exact) mass is 259 g/mol. The molecule has 1 heterocycles. The number of hydrogen-bond acceptors (Lipinski definition) is 4. The summed E-state index contributed by atoms with van der Waals surface area (Å²) in [5, 5.41) is 9.25. The topological polar surface area (TPSA) is 105 Å². The van der Waals surface area contributed by atoms with Gasteiger partial charge in [-0.25, -0.2) is 10.6 Å². The highest BCUT2D eigenvalue weighted by molar-refractivity contribution is 5.80. The molecule has 1 aliphatic rings. The van der Waals surface area contributed by atoms with Crippen molar-refractivity contribution in [1.29, 1.82) is 0 Å².